The lowest BCUT2D eigenvalue weighted by molar-refractivity contribution is 0.0955. The minimum atomic E-state index is -0.166. The van der Waals surface area contributed by atoms with E-state index in [0.717, 1.165) is 19.3 Å². The van der Waals surface area contributed by atoms with E-state index in [9.17, 15) is 9.59 Å². The van der Waals surface area contributed by atoms with Gasteiger partial charge in [0.05, 0.1) is 5.56 Å². The molecule has 4 rings (SSSR count). The molecule has 1 amide bonds. The fourth-order valence-corrected chi connectivity index (χ4v) is 3.96. The summed E-state index contributed by atoms with van der Waals surface area (Å²) in [4.78, 5) is 26.0. The Bertz CT molecular complexity index is 1130. The number of pyridine rings is 1. The molecule has 0 saturated heterocycles. The Morgan fingerprint density at radius 3 is 2.52 bits per heavy atom. The number of carbonyl (C=O) groups is 1. The van der Waals surface area contributed by atoms with Crippen molar-refractivity contribution in [2.75, 3.05) is 6.54 Å². The molecule has 0 bridgehead atoms. The maximum Gasteiger partial charge on any atom is 0.262 e. The third-order valence-electron chi connectivity index (χ3n) is 5.39. The molecule has 1 aliphatic rings. The van der Waals surface area contributed by atoms with Crippen LogP contribution in [0.25, 0.3) is 16.5 Å². The van der Waals surface area contributed by atoms with Crippen LogP contribution < -0.4 is 10.9 Å². The van der Waals surface area contributed by atoms with E-state index in [2.05, 4.69) is 11.4 Å². The highest BCUT2D eigenvalue weighted by molar-refractivity contribution is 6.30. The molecule has 1 aromatic heterocycles. The highest BCUT2D eigenvalue weighted by atomic mass is 35.5. The van der Waals surface area contributed by atoms with Gasteiger partial charge in [0.2, 0.25) is 0 Å². The second-order valence-corrected chi connectivity index (χ2v) is 7.79. The molecule has 0 saturated carbocycles. The van der Waals surface area contributed by atoms with Gasteiger partial charge in [-0.1, -0.05) is 41.4 Å². The highest BCUT2D eigenvalue weighted by Crippen LogP contribution is 2.21. The first-order valence-corrected chi connectivity index (χ1v) is 10.4. The first-order valence-electron chi connectivity index (χ1n) is 10.00. The van der Waals surface area contributed by atoms with E-state index in [1.165, 1.54) is 23.0 Å². The van der Waals surface area contributed by atoms with Crippen molar-refractivity contribution in [1.82, 2.24) is 9.88 Å². The zero-order valence-electron chi connectivity index (χ0n) is 16.2. The minimum Gasteiger partial charge on any atom is -0.352 e. The Hall–Kier alpha value is -2.85. The summed E-state index contributed by atoms with van der Waals surface area (Å²) in [7, 11) is 0. The molecule has 148 valence electrons. The van der Waals surface area contributed by atoms with Gasteiger partial charge in [-0.3, -0.25) is 14.2 Å². The average Bonchev–Trinajstić information content (AvgIpc) is 2.76. The Morgan fingerprint density at radius 2 is 1.79 bits per heavy atom. The van der Waals surface area contributed by atoms with Gasteiger partial charge in [0.1, 0.15) is 0 Å². The van der Waals surface area contributed by atoms with Crippen LogP contribution in [0.4, 0.5) is 0 Å². The van der Waals surface area contributed by atoms with Gasteiger partial charge >= 0.3 is 0 Å². The number of fused-ring (bicyclic) bond motifs is 1. The van der Waals surface area contributed by atoms with E-state index in [-0.39, 0.29) is 11.5 Å². The Balaban J connectivity index is 1.66. The number of nitrogens with one attached hydrogen (secondary N) is 1. The van der Waals surface area contributed by atoms with Crippen LogP contribution in [0.2, 0.25) is 5.02 Å². The summed E-state index contributed by atoms with van der Waals surface area (Å²) in [5.41, 5.74) is 2.43. The lowest BCUT2D eigenvalue weighted by Crippen LogP contribution is -2.28. The number of rotatable bonds is 5. The molecule has 1 N–H and O–H groups in total. The fourth-order valence-electron chi connectivity index (χ4n) is 3.83. The van der Waals surface area contributed by atoms with E-state index < -0.39 is 0 Å². The molecule has 1 aliphatic carbocycles. The molecule has 5 heteroatoms. The third-order valence-corrected chi connectivity index (χ3v) is 5.64. The van der Waals surface area contributed by atoms with Crippen molar-refractivity contribution in [1.29, 1.82) is 0 Å². The number of nitrogens with zero attached hydrogens (tertiary/aromatic N) is 1. The van der Waals surface area contributed by atoms with E-state index in [1.54, 1.807) is 36.5 Å². The maximum absolute atomic E-state index is 13.0. The van der Waals surface area contributed by atoms with Crippen LogP contribution in [-0.4, -0.2) is 17.0 Å². The average molecular weight is 407 g/mol. The Kier molecular flexibility index (Phi) is 5.81. The van der Waals surface area contributed by atoms with Crippen LogP contribution in [0.15, 0.2) is 71.2 Å². The maximum atomic E-state index is 13.0. The van der Waals surface area contributed by atoms with Crippen molar-refractivity contribution in [3.63, 3.8) is 0 Å². The Labute approximate surface area is 174 Å². The van der Waals surface area contributed by atoms with E-state index in [1.807, 2.05) is 18.2 Å². The topological polar surface area (TPSA) is 51.1 Å². The van der Waals surface area contributed by atoms with Gasteiger partial charge in [0, 0.05) is 34.2 Å². The van der Waals surface area contributed by atoms with Crippen molar-refractivity contribution >= 4 is 28.3 Å². The summed E-state index contributed by atoms with van der Waals surface area (Å²) in [5.74, 6) is -0.166. The number of halogens is 1. The number of allylic oxidation sites excluding steroid dienone is 1. The lowest BCUT2D eigenvalue weighted by Gasteiger charge is -2.15. The number of aromatic nitrogens is 1. The van der Waals surface area contributed by atoms with Gasteiger partial charge in [-0.2, -0.15) is 0 Å². The molecule has 29 heavy (non-hydrogen) atoms. The van der Waals surface area contributed by atoms with Gasteiger partial charge < -0.3 is 5.32 Å². The summed E-state index contributed by atoms with van der Waals surface area (Å²) >= 11 is 5.98. The van der Waals surface area contributed by atoms with E-state index in [0.29, 0.717) is 33.6 Å². The van der Waals surface area contributed by atoms with Gasteiger partial charge in [-0.05, 0) is 62.4 Å². The monoisotopic (exact) mass is 406 g/mol. The smallest absolute Gasteiger partial charge is 0.262 e. The molecule has 2 aromatic carbocycles. The van der Waals surface area contributed by atoms with Gasteiger partial charge in [-0.15, -0.1) is 0 Å². The predicted octanol–water partition coefficient (Wildman–Crippen LogP) is 5.26. The summed E-state index contributed by atoms with van der Waals surface area (Å²) in [6, 6.07) is 14.2. The number of benzene rings is 2. The summed E-state index contributed by atoms with van der Waals surface area (Å²) < 4.78 is 1.51. The molecular weight excluding hydrogens is 384 g/mol. The number of amides is 1. The Morgan fingerprint density at radius 1 is 1.03 bits per heavy atom. The molecule has 0 aliphatic heterocycles. The number of carbonyl (C=O) groups excluding carboxylic acids is 1. The normalized spacial score (nSPS) is 13.9. The lowest BCUT2D eigenvalue weighted by atomic mass is 9.97. The van der Waals surface area contributed by atoms with Gasteiger partial charge in [-0.25, -0.2) is 0 Å². The first-order chi connectivity index (χ1) is 14.1. The highest BCUT2D eigenvalue weighted by Gasteiger charge is 2.15. The van der Waals surface area contributed by atoms with Crippen molar-refractivity contribution in [3.05, 3.63) is 87.3 Å². The molecular formula is C24H23ClN2O2. The van der Waals surface area contributed by atoms with Crippen LogP contribution in [0.5, 0.6) is 0 Å². The zero-order chi connectivity index (χ0) is 20.2. The van der Waals surface area contributed by atoms with Crippen molar-refractivity contribution in [3.8, 4) is 5.69 Å². The van der Waals surface area contributed by atoms with Crippen LogP contribution >= 0.6 is 11.6 Å². The molecule has 0 radical (unpaired) electrons. The van der Waals surface area contributed by atoms with E-state index in [4.69, 9.17) is 11.6 Å². The van der Waals surface area contributed by atoms with E-state index >= 15 is 0 Å². The fraction of sp³-hybridized carbons (Fsp3) is 0.250. The second kappa shape index (κ2) is 8.66. The molecule has 3 aromatic rings. The molecule has 1 heterocycles. The summed E-state index contributed by atoms with van der Waals surface area (Å²) in [5, 5.41) is 4.81. The molecule has 0 fully saturated rings. The standard InChI is InChI=1S/C24H23ClN2O2/c25-18-10-12-19(13-11-18)27-16-22(20-8-4-5-9-21(20)24(27)29)23(28)26-15-14-17-6-2-1-3-7-17/h4-6,8-13,16H,1-3,7,14-15H2,(H,26,28). The van der Waals surface area contributed by atoms with Crippen molar-refractivity contribution in [2.24, 2.45) is 0 Å². The van der Waals surface area contributed by atoms with Crippen LogP contribution in [-0.2, 0) is 0 Å². The molecule has 4 nitrogen and oxygen atoms in total. The quantitative estimate of drug-likeness (QED) is 0.587. The van der Waals surface area contributed by atoms with Crippen LogP contribution in [0.1, 0.15) is 42.5 Å². The third kappa shape index (κ3) is 4.28. The van der Waals surface area contributed by atoms with Gasteiger partial charge in [0.15, 0.2) is 0 Å². The molecule has 0 unspecified atom stereocenters. The van der Waals surface area contributed by atoms with Crippen molar-refractivity contribution in [2.45, 2.75) is 32.1 Å². The summed E-state index contributed by atoms with van der Waals surface area (Å²) in [6.45, 7) is 0.596. The number of hydrogen-bond donors (Lipinski definition) is 1. The number of hydrogen-bond acceptors (Lipinski definition) is 2. The van der Waals surface area contributed by atoms with Gasteiger partial charge in [0.25, 0.3) is 11.5 Å². The largest absolute Gasteiger partial charge is 0.352 e. The summed E-state index contributed by atoms with van der Waals surface area (Å²) in [6.07, 6.45) is 9.56. The van der Waals surface area contributed by atoms with Crippen LogP contribution in [0.3, 0.4) is 0 Å². The SMILES string of the molecule is O=C(NCCC1=CCCCC1)c1cn(-c2ccc(Cl)cc2)c(=O)c2ccccc12. The zero-order valence-corrected chi connectivity index (χ0v) is 16.9. The van der Waals surface area contributed by atoms with Crippen LogP contribution in [0, 0.1) is 0 Å². The predicted molar refractivity (Wildman–Crippen MR) is 118 cm³/mol. The molecule has 0 atom stereocenters. The second-order valence-electron chi connectivity index (χ2n) is 7.35. The van der Waals surface area contributed by atoms with Crippen molar-refractivity contribution < 1.29 is 4.79 Å². The minimum absolute atomic E-state index is 0.160. The first kappa shape index (κ1) is 19.5. The molecule has 0 spiro atoms.